The Bertz CT molecular complexity index is 270. The quantitative estimate of drug-likeness (QED) is 0.705. The van der Waals surface area contributed by atoms with Gasteiger partial charge >= 0.3 is 0 Å². The molecule has 3 heteroatoms. The minimum atomic E-state index is 0.930. The molecular weight excluding hydrogens is 224 g/mol. The highest BCUT2D eigenvalue weighted by atomic mass is 16.5. The molecule has 2 atom stereocenters. The summed E-state index contributed by atoms with van der Waals surface area (Å²) in [6.07, 6.45) is 8.75. The number of hydrogen-bond acceptors (Lipinski definition) is 3. The van der Waals surface area contributed by atoms with E-state index in [2.05, 4.69) is 22.0 Å². The van der Waals surface area contributed by atoms with Gasteiger partial charge in [0, 0.05) is 26.2 Å². The number of likely N-dealkylation sites (tertiary alicyclic amines) is 1. The number of ether oxygens (including phenoxy) is 1. The fraction of sp³-hybridized carbons (Fsp3) is 0.867. The molecule has 2 saturated heterocycles. The van der Waals surface area contributed by atoms with E-state index >= 15 is 0 Å². The monoisotopic (exact) mass is 250 g/mol. The van der Waals surface area contributed by atoms with E-state index < -0.39 is 0 Å². The van der Waals surface area contributed by atoms with Gasteiger partial charge in [-0.2, -0.15) is 0 Å². The van der Waals surface area contributed by atoms with Crippen molar-refractivity contribution in [3.8, 4) is 0 Å². The van der Waals surface area contributed by atoms with Crippen molar-refractivity contribution in [3.05, 3.63) is 12.2 Å². The average molecular weight is 250 g/mol. The van der Waals surface area contributed by atoms with Crippen molar-refractivity contribution in [1.29, 1.82) is 0 Å². The van der Waals surface area contributed by atoms with Crippen molar-refractivity contribution in [2.75, 3.05) is 52.5 Å². The summed E-state index contributed by atoms with van der Waals surface area (Å²) in [5, 5.41) is 0. The number of nitrogens with zero attached hydrogens (tertiary/aromatic N) is 2. The van der Waals surface area contributed by atoms with Crippen molar-refractivity contribution in [3.63, 3.8) is 0 Å². The standard InChI is InChI=1S/C15H26N2O/c1-2-5-15-13-17(12-14(15)4-1)7-3-6-16-8-10-18-11-9-16/h1-2,14-15H,3-13H2. The molecule has 2 aliphatic heterocycles. The van der Waals surface area contributed by atoms with Crippen LogP contribution >= 0.6 is 0 Å². The highest BCUT2D eigenvalue weighted by molar-refractivity contribution is 4.99. The SMILES string of the molecule is C1=CCC2CN(CCCN3CCOCC3)CC2C1. The largest absolute Gasteiger partial charge is 0.379 e. The van der Waals surface area contributed by atoms with Crippen LogP contribution in [0.15, 0.2) is 12.2 Å². The maximum Gasteiger partial charge on any atom is 0.0594 e. The van der Waals surface area contributed by atoms with Crippen molar-refractivity contribution >= 4 is 0 Å². The lowest BCUT2D eigenvalue weighted by molar-refractivity contribution is 0.0363. The van der Waals surface area contributed by atoms with E-state index in [4.69, 9.17) is 4.74 Å². The average Bonchev–Trinajstić information content (AvgIpc) is 2.82. The Balaban J connectivity index is 1.34. The topological polar surface area (TPSA) is 15.7 Å². The molecule has 0 aromatic heterocycles. The van der Waals surface area contributed by atoms with Crippen LogP contribution in [0.4, 0.5) is 0 Å². The van der Waals surface area contributed by atoms with Crippen molar-refractivity contribution in [2.45, 2.75) is 19.3 Å². The number of rotatable bonds is 4. The van der Waals surface area contributed by atoms with E-state index in [1.165, 1.54) is 45.4 Å². The summed E-state index contributed by atoms with van der Waals surface area (Å²) in [6, 6.07) is 0. The third-order valence-corrected chi connectivity index (χ3v) is 4.75. The van der Waals surface area contributed by atoms with Gasteiger partial charge in [0.15, 0.2) is 0 Å². The lowest BCUT2D eigenvalue weighted by Gasteiger charge is -2.27. The molecule has 3 rings (SSSR count). The minimum Gasteiger partial charge on any atom is -0.379 e. The predicted molar refractivity (Wildman–Crippen MR) is 73.7 cm³/mol. The highest BCUT2D eigenvalue weighted by Crippen LogP contribution is 2.32. The Morgan fingerprint density at radius 1 is 0.889 bits per heavy atom. The van der Waals surface area contributed by atoms with Crippen LogP contribution in [0.5, 0.6) is 0 Å². The number of hydrogen-bond donors (Lipinski definition) is 0. The molecule has 2 fully saturated rings. The predicted octanol–water partition coefficient (Wildman–Crippen LogP) is 1.61. The van der Waals surface area contributed by atoms with E-state index in [1.807, 2.05) is 0 Å². The molecule has 2 heterocycles. The lowest BCUT2D eigenvalue weighted by atomic mass is 9.86. The summed E-state index contributed by atoms with van der Waals surface area (Å²) >= 11 is 0. The van der Waals surface area contributed by atoms with E-state index in [-0.39, 0.29) is 0 Å². The Hall–Kier alpha value is -0.380. The van der Waals surface area contributed by atoms with Gasteiger partial charge < -0.3 is 9.64 Å². The maximum atomic E-state index is 5.38. The third kappa shape index (κ3) is 3.14. The first kappa shape index (κ1) is 12.6. The molecule has 18 heavy (non-hydrogen) atoms. The first-order chi connectivity index (χ1) is 8.92. The molecule has 3 nitrogen and oxygen atoms in total. The van der Waals surface area contributed by atoms with Gasteiger partial charge in [0.05, 0.1) is 13.2 Å². The van der Waals surface area contributed by atoms with Crippen LogP contribution in [0, 0.1) is 11.8 Å². The maximum absolute atomic E-state index is 5.38. The molecule has 0 aromatic carbocycles. The van der Waals surface area contributed by atoms with Gasteiger partial charge in [-0.3, -0.25) is 4.90 Å². The number of fused-ring (bicyclic) bond motifs is 1. The van der Waals surface area contributed by atoms with Crippen LogP contribution in [0.25, 0.3) is 0 Å². The molecule has 0 spiro atoms. The van der Waals surface area contributed by atoms with E-state index in [0.717, 1.165) is 38.1 Å². The smallest absolute Gasteiger partial charge is 0.0594 e. The molecule has 3 aliphatic rings. The zero-order valence-electron chi connectivity index (χ0n) is 11.4. The van der Waals surface area contributed by atoms with Crippen molar-refractivity contribution < 1.29 is 4.74 Å². The molecule has 0 bridgehead atoms. The first-order valence-corrected chi connectivity index (χ1v) is 7.59. The van der Waals surface area contributed by atoms with Crippen molar-refractivity contribution in [2.24, 2.45) is 11.8 Å². The van der Waals surface area contributed by atoms with Crippen molar-refractivity contribution in [1.82, 2.24) is 9.80 Å². The van der Waals surface area contributed by atoms with Gasteiger partial charge in [-0.15, -0.1) is 0 Å². The second kappa shape index (κ2) is 6.18. The number of morpholine rings is 1. The zero-order chi connectivity index (χ0) is 12.2. The Kier molecular flexibility index (Phi) is 4.34. The molecule has 102 valence electrons. The summed E-state index contributed by atoms with van der Waals surface area (Å²) in [5.74, 6) is 1.91. The lowest BCUT2D eigenvalue weighted by Crippen LogP contribution is -2.38. The molecule has 0 aromatic rings. The minimum absolute atomic E-state index is 0.930. The van der Waals surface area contributed by atoms with Crippen LogP contribution in [0.2, 0.25) is 0 Å². The Labute approximate surface area is 111 Å². The summed E-state index contributed by atoms with van der Waals surface area (Å²) in [5.41, 5.74) is 0. The Morgan fingerprint density at radius 3 is 2.17 bits per heavy atom. The molecule has 1 aliphatic carbocycles. The second-order valence-corrected chi connectivity index (χ2v) is 6.03. The fourth-order valence-electron chi connectivity index (χ4n) is 3.64. The van der Waals surface area contributed by atoms with Gasteiger partial charge in [-0.05, 0) is 44.2 Å². The van der Waals surface area contributed by atoms with Crippen LogP contribution in [0.1, 0.15) is 19.3 Å². The van der Waals surface area contributed by atoms with E-state index in [1.54, 1.807) is 0 Å². The normalized spacial score (nSPS) is 33.8. The summed E-state index contributed by atoms with van der Waals surface area (Å²) in [6.45, 7) is 9.37. The molecular formula is C15H26N2O. The first-order valence-electron chi connectivity index (χ1n) is 7.59. The second-order valence-electron chi connectivity index (χ2n) is 6.03. The Morgan fingerprint density at radius 2 is 1.50 bits per heavy atom. The summed E-state index contributed by atoms with van der Waals surface area (Å²) in [4.78, 5) is 5.25. The molecule has 0 N–H and O–H groups in total. The van der Waals surface area contributed by atoms with Crippen LogP contribution in [0.3, 0.4) is 0 Å². The van der Waals surface area contributed by atoms with Gasteiger partial charge in [-0.25, -0.2) is 0 Å². The summed E-state index contributed by atoms with van der Waals surface area (Å²) < 4.78 is 5.38. The molecule has 0 amide bonds. The summed E-state index contributed by atoms with van der Waals surface area (Å²) in [7, 11) is 0. The molecule has 2 unspecified atom stereocenters. The van der Waals surface area contributed by atoms with Crippen LogP contribution < -0.4 is 0 Å². The van der Waals surface area contributed by atoms with Crippen LogP contribution in [-0.2, 0) is 4.74 Å². The van der Waals surface area contributed by atoms with Gasteiger partial charge in [0.25, 0.3) is 0 Å². The van der Waals surface area contributed by atoms with Gasteiger partial charge in [-0.1, -0.05) is 12.2 Å². The number of allylic oxidation sites excluding steroid dienone is 2. The third-order valence-electron chi connectivity index (χ3n) is 4.75. The zero-order valence-corrected chi connectivity index (χ0v) is 11.4. The molecule has 0 saturated carbocycles. The van der Waals surface area contributed by atoms with E-state index in [0.29, 0.717) is 0 Å². The highest BCUT2D eigenvalue weighted by Gasteiger charge is 2.32. The molecule has 0 radical (unpaired) electrons. The van der Waals surface area contributed by atoms with Gasteiger partial charge in [0.1, 0.15) is 0 Å². The van der Waals surface area contributed by atoms with Crippen LogP contribution in [-0.4, -0.2) is 62.3 Å². The van der Waals surface area contributed by atoms with Gasteiger partial charge in [0.2, 0.25) is 0 Å². The van der Waals surface area contributed by atoms with E-state index in [9.17, 15) is 0 Å². The fourth-order valence-corrected chi connectivity index (χ4v) is 3.64.